The minimum atomic E-state index is -0.559. The monoisotopic (exact) mass is 250 g/mol. The van der Waals surface area contributed by atoms with Crippen LogP contribution in [0.15, 0.2) is 18.2 Å². The zero-order valence-corrected chi connectivity index (χ0v) is 10.2. The predicted molar refractivity (Wildman–Crippen MR) is 64.7 cm³/mol. The molecule has 0 atom stereocenters. The maximum Gasteiger partial charge on any atom is 0.180 e. The Morgan fingerprint density at radius 2 is 2.28 bits per heavy atom. The molecule has 0 amide bonds. The Kier molecular flexibility index (Phi) is 5.28. The molecule has 0 aliphatic rings. The molecule has 0 spiro atoms. The maximum atomic E-state index is 13.0. The van der Waals surface area contributed by atoms with E-state index in [4.69, 9.17) is 5.26 Å². The van der Waals surface area contributed by atoms with Crippen molar-refractivity contribution in [3.8, 4) is 11.8 Å². The fourth-order valence-corrected chi connectivity index (χ4v) is 1.58. The van der Waals surface area contributed by atoms with Gasteiger partial charge in [0.05, 0.1) is 18.2 Å². The zero-order chi connectivity index (χ0) is 13.5. The van der Waals surface area contributed by atoms with Crippen molar-refractivity contribution in [1.82, 2.24) is 4.90 Å². The summed E-state index contributed by atoms with van der Waals surface area (Å²) in [5.41, 5.74) is -0.0228. The fourth-order valence-electron chi connectivity index (χ4n) is 1.58. The summed E-state index contributed by atoms with van der Waals surface area (Å²) >= 11 is 0. The van der Waals surface area contributed by atoms with Gasteiger partial charge in [-0.2, -0.15) is 5.26 Å². The van der Waals surface area contributed by atoms with E-state index in [1.807, 2.05) is 13.0 Å². The molecule has 5 heteroatoms. The number of rotatable bonds is 6. The number of hydrogen-bond acceptors (Lipinski definition) is 4. The van der Waals surface area contributed by atoms with Gasteiger partial charge in [-0.1, -0.05) is 6.92 Å². The number of hydrogen-bond donors (Lipinski definition) is 1. The molecule has 0 bridgehead atoms. The second-order valence-corrected chi connectivity index (χ2v) is 3.86. The molecule has 1 aromatic carbocycles. The summed E-state index contributed by atoms with van der Waals surface area (Å²) in [5, 5.41) is 18.0. The highest BCUT2D eigenvalue weighted by Gasteiger charge is 2.15. The number of nitriles is 1. The highest BCUT2D eigenvalue weighted by atomic mass is 19.1. The van der Waals surface area contributed by atoms with E-state index in [1.54, 1.807) is 4.90 Å². The van der Waals surface area contributed by atoms with Crippen molar-refractivity contribution in [2.24, 2.45) is 0 Å². The number of halogens is 1. The first-order valence-corrected chi connectivity index (χ1v) is 5.69. The van der Waals surface area contributed by atoms with Crippen molar-refractivity contribution in [3.63, 3.8) is 0 Å². The van der Waals surface area contributed by atoms with Crippen LogP contribution in [-0.4, -0.2) is 35.4 Å². The van der Waals surface area contributed by atoms with Gasteiger partial charge in [0.1, 0.15) is 11.6 Å². The first-order chi connectivity index (χ1) is 8.58. The number of Topliss-reactive ketones (excluding diaryl/α,β-unsaturated/α-hetero) is 1. The Balaban J connectivity index is 2.75. The van der Waals surface area contributed by atoms with Crippen molar-refractivity contribution >= 4 is 5.78 Å². The lowest BCUT2D eigenvalue weighted by molar-refractivity contribution is 0.0932. The summed E-state index contributed by atoms with van der Waals surface area (Å²) in [6.45, 7) is 3.03. The summed E-state index contributed by atoms with van der Waals surface area (Å²) in [6.07, 6.45) is 0.330. The lowest BCUT2D eigenvalue weighted by Crippen LogP contribution is -2.30. The number of phenols is 1. The molecule has 0 saturated heterocycles. The van der Waals surface area contributed by atoms with E-state index >= 15 is 0 Å². The Hall–Kier alpha value is -1.93. The Morgan fingerprint density at radius 3 is 2.89 bits per heavy atom. The number of carbonyl (C=O) groups is 1. The topological polar surface area (TPSA) is 64.3 Å². The van der Waals surface area contributed by atoms with E-state index in [1.165, 1.54) is 0 Å². The van der Waals surface area contributed by atoms with Crippen LogP contribution >= 0.6 is 0 Å². The molecule has 18 heavy (non-hydrogen) atoms. The molecule has 1 rings (SSSR count). The van der Waals surface area contributed by atoms with Crippen molar-refractivity contribution in [2.75, 3.05) is 19.6 Å². The predicted octanol–water partition coefficient (Wildman–Crippen LogP) is 1.95. The second-order valence-electron chi connectivity index (χ2n) is 3.86. The SMILES string of the molecule is CCN(CCC#N)CC(=O)c1cc(F)ccc1O. The third-order valence-corrected chi connectivity index (χ3v) is 2.61. The maximum absolute atomic E-state index is 13.0. The molecule has 1 aromatic rings. The van der Waals surface area contributed by atoms with Gasteiger partial charge in [-0.05, 0) is 24.7 Å². The number of phenolic OH excluding ortho intramolecular Hbond substituents is 1. The van der Waals surface area contributed by atoms with Crippen LogP contribution in [-0.2, 0) is 0 Å². The molecule has 0 unspecified atom stereocenters. The highest BCUT2D eigenvalue weighted by molar-refractivity contribution is 5.99. The second kappa shape index (κ2) is 6.72. The molecule has 0 saturated carbocycles. The minimum Gasteiger partial charge on any atom is -0.507 e. The summed E-state index contributed by atoms with van der Waals surface area (Å²) in [4.78, 5) is 13.7. The number of nitrogens with zero attached hydrogens (tertiary/aromatic N) is 2. The molecule has 0 heterocycles. The quantitative estimate of drug-likeness (QED) is 0.784. The van der Waals surface area contributed by atoms with Crippen LogP contribution in [0.25, 0.3) is 0 Å². The Morgan fingerprint density at radius 1 is 1.56 bits per heavy atom. The normalized spacial score (nSPS) is 10.3. The van der Waals surface area contributed by atoms with Gasteiger partial charge in [0.2, 0.25) is 0 Å². The van der Waals surface area contributed by atoms with Gasteiger partial charge in [-0.15, -0.1) is 0 Å². The van der Waals surface area contributed by atoms with E-state index < -0.39 is 5.82 Å². The van der Waals surface area contributed by atoms with Gasteiger partial charge in [0, 0.05) is 13.0 Å². The first kappa shape index (κ1) is 14.1. The van der Waals surface area contributed by atoms with E-state index in [0.29, 0.717) is 19.5 Å². The smallest absolute Gasteiger partial charge is 0.180 e. The molecule has 0 fully saturated rings. The molecule has 0 aromatic heterocycles. The number of benzene rings is 1. The zero-order valence-electron chi connectivity index (χ0n) is 10.2. The van der Waals surface area contributed by atoms with Crippen LogP contribution in [0.2, 0.25) is 0 Å². The van der Waals surface area contributed by atoms with Gasteiger partial charge in [0.25, 0.3) is 0 Å². The van der Waals surface area contributed by atoms with Gasteiger partial charge >= 0.3 is 0 Å². The van der Waals surface area contributed by atoms with Crippen LogP contribution in [0.3, 0.4) is 0 Å². The Labute approximate surface area is 105 Å². The summed E-state index contributed by atoms with van der Waals surface area (Å²) < 4.78 is 13.0. The average Bonchev–Trinajstić information content (AvgIpc) is 2.37. The minimum absolute atomic E-state index is 0.0228. The first-order valence-electron chi connectivity index (χ1n) is 5.69. The van der Waals surface area contributed by atoms with E-state index in [0.717, 1.165) is 18.2 Å². The molecular formula is C13H15FN2O2. The van der Waals surface area contributed by atoms with Crippen molar-refractivity contribution in [3.05, 3.63) is 29.6 Å². The van der Waals surface area contributed by atoms with Crippen LogP contribution < -0.4 is 0 Å². The lowest BCUT2D eigenvalue weighted by atomic mass is 10.1. The summed E-state index contributed by atoms with van der Waals surface area (Å²) in [5.74, 6) is -1.14. The molecule has 0 aliphatic carbocycles. The molecule has 0 aliphatic heterocycles. The third kappa shape index (κ3) is 3.82. The molecule has 96 valence electrons. The van der Waals surface area contributed by atoms with Crippen molar-refractivity contribution < 1.29 is 14.3 Å². The average molecular weight is 250 g/mol. The van der Waals surface area contributed by atoms with Gasteiger partial charge in [0.15, 0.2) is 5.78 Å². The summed E-state index contributed by atoms with van der Waals surface area (Å²) in [7, 11) is 0. The number of carbonyl (C=O) groups excluding carboxylic acids is 1. The van der Waals surface area contributed by atoms with Crippen LogP contribution in [0.1, 0.15) is 23.7 Å². The van der Waals surface area contributed by atoms with Crippen molar-refractivity contribution in [2.45, 2.75) is 13.3 Å². The van der Waals surface area contributed by atoms with Crippen molar-refractivity contribution in [1.29, 1.82) is 5.26 Å². The molecule has 0 radical (unpaired) electrons. The van der Waals surface area contributed by atoms with E-state index in [9.17, 15) is 14.3 Å². The lowest BCUT2D eigenvalue weighted by Gasteiger charge is -2.18. The molecule has 1 N–H and O–H groups in total. The summed E-state index contributed by atoms with van der Waals surface area (Å²) in [6, 6.07) is 5.28. The Bertz CT molecular complexity index is 469. The largest absolute Gasteiger partial charge is 0.507 e. The van der Waals surface area contributed by atoms with Crippen LogP contribution in [0.5, 0.6) is 5.75 Å². The fraction of sp³-hybridized carbons (Fsp3) is 0.385. The standard InChI is InChI=1S/C13H15FN2O2/c1-2-16(7-3-6-15)9-13(18)11-8-10(14)4-5-12(11)17/h4-5,8,17H,2-3,7,9H2,1H3. The van der Waals surface area contributed by atoms with Crippen LogP contribution in [0.4, 0.5) is 4.39 Å². The number of likely N-dealkylation sites (N-methyl/N-ethyl adjacent to an activating group) is 1. The van der Waals surface area contributed by atoms with E-state index in [-0.39, 0.29) is 23.6 Å². The molecular weight excluding hydrogens is 235 g/mol. The highest BCUT2D eigenvalue weighted by Crippen LogP contribution is 2.18. The van der Waals surface area contributed by atoms with E-state index in [2.05, 4.69) is 0 Å². The third-order valence-electron chi connectivity index (χ3n) is 2.61. The van der Waals surface area contributed by atoms with Gasteiger partial charge in [-0.3, -0.25) is 9.69 Å². The van der Waals surface area contributed by atoms with Crippen LogP contribution in [0, 0.1) is 17.1 Å². The number of ketones is 1. The van der Waals surface area contributed by atoms with Gasteiger partial charge < -0.3 is 5.11 Å². The number of aromatic hydroxyl groups is 1. The molecule has 4 nitrogen and oxygen atoms in total. The van der Waals surface area contributed by atoms with Gasteiger partial charge in [-0.25, -0.2) is 4.39 Å².